The highest BCUT2D eigenvalue weighted by atomic mass is 32.1. The molecule has 23 heavy (non-hydrogen) atoms. The third-order valence-corrected chi connectivity index (χ3v) is 5.01. The van der Waals surface area contributed by atoms with Gasteiger partial charge >= 0.3 is 0 Å². The summed E-state index contributed by atoms with van der Waals surface area (Å²) < 4.78 is 5.36. The van der Waals surface area contributed by atoms with Crippen molar-refractivity contribution in [3.05, 3.63) is 46.0 Å². The second-order valence-electron chi connectivity index (χ2n) is 5.66. The molecule has 0 atom stereocenters. The van der Waals surface area contributed by atoms with E-state index in [0.29, 0.717) is 6.54 Å². The van der Waals surface area contributed by atoms with Crippen LogP contribution >= 0.6 is 11.3 Å². The molecule has 1 aromatic carbocycles. The van der Waals surface area contributed by atoms with Gasteiger partial charge in [-0.1, -0.05) is 18.2 Å². The van der Waals surface area contributed by atoms with E-state index in [1.807, 2.05) is 38.2 Å². The molecule has 1 aliphatic rings. The Bertz CT molecular complexity index is 673. The molecule has 1 aromatic heterocycles. The van der Waals surface area contributed by atoms with Gasteiger partial charge in [0.1, 0.15) is 0 Å². The Kier molecular flexibility index (Phi) is 4.93. The third kappa shape index (κ3) is 3.71. The molecule has 1 aliphatic heterocycles. The van der Waals surface area contributed by atoms with Crippen LogP contribution in [0.2, 0.25) is 0 Å². The molecule has 2 aromatic rings. The first-order chi connectivity index (χ1) is 11.1. The van der Waals surface area contributed by atoms with E-state index in [1.165, 1.54) is 0 Å². The first-order valence-corrected chi connectivity index (χ1v) is 8.58. The summed E-state index contributed by atoms with van der Waals surface area (Å²) in [4.78, 5) is 20.2. The maximum absolute atomic E-state index is 12.4. The quantitative estimate of drug-likeness (QED) is 0.935. The van der Waals surface area contributed by atoms with Gasteiger partial charge in [0.25, 0.3) is 5.91 Å². The Morgan fingerprint density at radius 3 is 2.70 bits per heavy atom. The maximum atomic E-state index is 12.4. The molecule has 0 radical (unpaired) electrons. The van der Waals surface area contributed by atoms with Gasteiger partial charge in [-0.3, -0.25) is 4.79 Å². The zero-order valence-corrected chi connectivity index (χ0v) is 14.3. The van der Waals surface area contributed by atoms with Crippen LogP contribution in [0.15, 0.2) is 24.4 Å². The number of anilines is 1. The molecular formula is C17H21N3O2S. The Morgan fingerprint density at radius 2 is 2.00 bits per heavy atom. The molecule has 0 spiro atoms. The zero-order chi connectivity index (χ0) is 16.2. The number of hydrogen-bond donors (Lipinski definition) is 1. The molecule has 0 aliphatic carbocycles. The minimum Gasteiger partial charge on any atom is -0.378 e. The van der Waals surface area contributed by atoms with E-state index in [4.69, 9.17) is 4.74 Å². The summed E-state index contributed by atoms with van der Waals surface area (Å²) in [5.41, 5.74) is 2.77. The Balaban J connectivity index is 1.62. The average Bonchev–Trinajstić information content (AvgIpc) is 3.02. The molecule has 6 heteroatoms. The summed E-state index contributed by atoms with van der Waals surface area (Å²) in [6, 6.07) is 5.90. The van der Waals surface area contributed by atoms with Crippen LogP contribution in [0.3, 0.4) is 0 Å². The number of aromatic nitrogens is 1. The molecule has 122 valence electrons. The second-order valence-corrected chi connectivity index (χ2v) is 6.75. The lowest BCUT2D eigenvalue weighted by atomic mass is 10.0. The van der Waals surface area contributed by atoms with Crippen molar-refractivity contribution in [2.75, 3.05) is 31.2 Å². The van der Waals surface area contributed by atoms with Crippen molar-refractivity contribution in [2.24, 2.45) is 0 Å². The molecule has 0 bridgehead atoms. The molecule has 1 N–H and O–H groups in total. The molecular weight excluding hydrogens is 310 g/mol. The summed E-state index contributed by atoms with van der Waals surface area (Å²) in [6.45, 7) is 7.69. The third-order valence-electron chi connectivity index (χ3n) is 3.95. The van der Waals surface area contributed by atoms with Gasteiger partial charge in [0.05, 0.1) is 19.8 Å². The number of ether oxygens (including phenoxy) is 1. The number of carbonyl (C=O) groups is 1. The van der Waals surface area contributed by atoms with Gasteiger partial charge in [-0.15, -0.1) is 11.3 Å². The van der Waals surface area contributed by atoms with Crippen molar-refractivity contribution < 1.29 is 9.53 Å². The summed E-state index contributed by atoms with van der Waals surface area (Å²) in [7, 11) is 0. The topological polar surface area (TPSA) is 54.5 Å². The summed E-state index contributed by atoms with van der Waals surface area (Å²) in [5, 5.41) is 4.01. The molecule has 5 nitrogen and oxygen atoms in total. The number of thiazole rings is 1. The van der Waals surface area contributed by atoms with Gasteiger partial charge in [-0.05, 0) is 25.0 Å². The predicted octanol–water partition coefficient (Wildman–Crippen LogP) is 2.53. The van der Waals surface area contributed by atoms with Crippen LogP contribution in [0.25, 0.3) is 0 Å². The highest BCUT2D eigenvalue weighted by Crippen LogP contribution is 2.23. The maximum Gasteiger partial charge on any atom is 0.252 e. The van der Waals surface area contributed by atoms with E-state index in [1.54, 1.807) is 11.3 Å². The van der Waals surface area contributed by atoms with Crippen LogP contribution in [0.1, 0.15) is 26.4 Å². The largest absolute Gasteiger partial charge is 0.378 e. The fourth-order valence-electron chi connectivity index (χ4n) is 2.71. The van der Waals surface area contributed by atoms with E-state index in [0.717, 1.165) is 53.0 Å². The van der Waals surface area contributed by atoms with Crippen molar-refractivity contribution >= 4 is 22.4 Å². The first kappa shape index (κ1) is 16.0. The van der Waals surface area contributed by atoms with Crippen molar-refractivity contribution in [2.45, 2.75) is 20.4 Å². The lowest BCUT2D eigenvalue weighted by molar-refractivity contribution is 0.0950. The number of morpholine rings is 1. The van der Waals surface area contributed by atoms with Crippen molar-refractivity contribution in [3.8, 4) is 0 Å². The van der Waals surface area contributed by atoms with Crippen LogP contribution in [-0.2, 0) is 11.3 Å². The van der Waals surface area contributed by atoms with E-state index in [2.05, 4.69) is 15.2 Å². The highest BCUT2D eigenvalue weighted by Gasteiger charge is 2.16. The molecule has 0 unspecified atom stereocenters. The fraction of sp³-hybridized carbons (Fsp3) is 0.412. The van der Waals surface area contributed by atoms with Crippen LogP contribution in [0.4, 0.5) is 5.13 Å². The molecule has 1 saturated heterocycles. The number of rotatable bonds is 4. The Labute approximate surface area is 140 Å². The molecule has 2 heterocycles. The number of carbonyl (C=O) groups excluding carboxylic acids is 1. The number of nitrogens with one attached hydrogen (secondary N) is 1. The SMILES string of the molecule is Cc1cccc(C)c1C(=O)NCc1cnc(N2CCOCC2)s1. The van der Waals surface area contributed by atoms with Gasteiger partial charge in [-0.25, -0.2) is 4.98 Å². The lowest BCUT2D eigenvalue weighted by Crippen LogP contribution is -2.36. The van der Waals surface area contributed by atoms with E-state index < -0.39 is 0 Å². The van der Waals surface area contributed by atoms with Crippen LogP contribution in [0.5, 0.6) is 0 Å². The summed E-state index contributed by atoms with van der Waals surface area (Å²) >= 11 is 1.63. The normalized spacial score (nSPS) is 14.8. The number of aryl methyl sites for hydroxylation is 2. The van der Waals surface area contributed by atoms with E-state index >= 15 is 0 Å². The average molecular weight is 331 g/mol. The molecule has 3 rings (SSSR count). The van der Waals surface area contributed by atoms with Crippen molar-refractivity contribution in [1.29, 1.82) is 0 Å². The minimum atomic E-state index is -0.0260. The van der Waals surface area contributed by atoms with Crippen LogP contribution in [0, 0.1) is 13.8 Å². The van der Waals surface area contributed by atoms with Gasteiger partial charge < -0.3 is 15.0 Å². The Morgan fingerprint density at radius 1 is 1.30 bits per heavy atom. The number of hydrogen-bond acceptors (Lipinski definition) is 5. The predicted molar refractivity (Wildman–Crippen MR) is 92.2 cm³/mol. The second kappa shape index (κ2) is 7.10. The molecule has 0 saturated carbocycles. The summed E-state index contributed by atoms with van der Waals surface area (Å²) in [5.74, 6) is -0.0260. The zero-order valence-electron chi connectivity index (χ0n) is 13.5. The van der Waals surface area contributed by atoms with E-state index in [-0.39, 0.29) is 5.91 Å². The van der Waals surface area contributed by atoms with Gasteiger partial charge in [-0.2, -0.15) is 0 Å². The van der Waals surface area contributed by atoms with Gasteiger partial charge in [0, 0.05) is 29.7 Å². The van der Waals surface area contributed by atoms with Gasteiger partial charge in [0.2, 0.25) is 0 Å². The fourth-order valence-corrected chi connectivity index (χ4v) is 3.61. The standard InChI is InChI=1S/C17H21N3O2S/c1-12-4-3-5-13(2)15(12)16(21)18-10-14-11-19-17(23-14)20-6-8-22-9-7-20/h3-5,11H,6-10H2,1-2H3,(H,18,21). The van der Waals surface area contributed by atoms with Crippen molar-refractivity contribution in [3.63, 3.8) is 0 Å². The lowest BCUT2D eigenvalue weighted by Gasteiger charge is -2.25. The number of amides is 1. The van der Waals surface area contributed by atoms with Crippen LogP contribution in [-0.4, -0.2) is 37.2 Å². The summed E-state index contributed by atoms with van der Waals surface area (Å²) in [6.07, 6.45) is 1.85. The van der Waals surface area contributed by atoms with Crippen LogP contribution < -0.4 is 10.2 Å². The molecule has 1 fully saturated rings. The monoisotopic (exact) mass is 331 g/mol. The molecule has 1 amide bonds. The number of nitrogens with zero attached hydrogens (tertiary/aromatic N) is 2. The highest BCUT2D eigenvalue weighted by molar-refractivity contribution is 7.15. The van der Waals surface area contributed by atoms with Crippen molar-refractivity contribution in [1.82, 2.24) is 10.3 Å². The number of benzene rings is 1. The van der Waals surface area contributed by atoms with Gasteiger partial charge in [0.15, 0.2) is 5.13 Å². The Hall–Kier alpha value is -1.92. The minimum absolute atomic E-state index is 0.0260. The first-order valence-electron chi connectivity index (χ1n) is 7.77. The smallest absolute Gasteiger partial charge is 0.252 e. The van der Waals surface area contributed by atoms with E-state index in [9.17, 15) is 4.79 Å².